The SMILES string of the molecule is O=C(C[C@@H]1CCS(=O)(=O)C1)NNC(=O)c1ccc(Oc2ccccc2)cc1. The quantitative estimate of drug-likeness (QED) is 0.764. The van der Waals surface area contributed by atoms with E-state index in [1.807, 2.05) is 30.3 Å². The molecular weight excluding hydrogens is 368 g/mol. The predicted molar refractivity (Wildman–Crippen MR) is 99.9 cm³/mol. The van der Waals surface area contributed by atoms with Crippen molar-refractivity contribution in [3.05, 3.63) is 60.2 Å². The third-order valence-electron chi connectivity index (χ3n) is 4.21. The van der Waals surface area contributed by atoms with Gasteiger partial charge in [0.05, 0.1) is 11.5 Å². The monoisotopic (exact) mass is 388 g/mol. The highest BCUT2D eigenvalue weighted by Crippen LogP contribution is 2.22. The van der Waals surface area contributed by atoms with Crippen molar-refractivity contribution in [2.24, 2.45) is 5.92 Å². The summed E-state index contributed by atoms with van der Waals surface area (Å²) in [5.74, 6) is 0.357. The molecule has 3 rings (SSSR count). The molecule has 2 aromatic carbocycles. The minimum Gasteiger partial charge on any atom is -0.457 e. The second-order valence-corrected chi connectivity index (χ2v) is 8.64. The third kappa shape index (κ3) is 5.55. The van der Waals surface area contributed by atoms with E-state index in [0.29, 0.717) is 23.5 Å². The summed E-state index contributed by atoms with van der Waals surface area (Å²) in [5, 5.41) is 0. The zero-order valence-electron chi connectivity index (χ0n) is 14.6. The van der Waals surface area contributed by atoms with Gasteiger partial charge in [-0.15, -0.1) is 0 Å². The van der Waals surface area contributed by atoms with E-state index >= 15 is 0 Å². The second kappa shape index (κ2) is 8.22. The van der Waals surface area contributed by atoms with Gasteiger partial charge in [-0.2, -0.15) is 0 Å². The summed E-state index contributed by atoms with van der Waals surface area (Å²) in [6.07, 6.45) is 0.552. The van der Waals surface area contributed by atoms with E-state index in [-0.39, 0.29) is 23.8 Å². The summed E-state index contributed by atoms with van der Waals surface area (Å²) in [6.45, 7) is 0. The van der Waals surface area contributed by atoms with Gasteiger partial charge in [0.15, 0.2) is 9.84 Å². The minimum atomic E-state index is -3.02. The molecule has 0 aliphatic carbocycles. The first-order valence-electron chi connectivity index (χ1n) is 8.54. The van der Waals surface area contributed by atoms with Gasteiger partial charge in [0.1, 0.15) is 11.5 Å². The molecule has 1 heterocycles. The highest BCUT2D eigenvalue weighted by atomic mass is 32.2. The molecule has 142 valence electrons. The molecule has 0 spiro atoms. The van der Waals surface area contributed by atoms with Crippen LogP contribution in [0.5, 0.6) is 11.5 Å². The summed E-state index contributed by atoms with van der Waals surface area (Å²) < 4.78 is 28.5. The van der Waals surface area contributed by atoms with Crippen molar-refractivity contribution in [2.75, 3.05) is 11.5 Å². The lowest BCUT2D eigenvalue weighted by Crippen LogP contribution is -2.42. The number of rotatable bonds is 5. The van der Waals surface area contributed by atoms with Crippen LogP contribution < -0.4 is 15.6 Å². The maximum absolute atomic E-state index is 12.1. The fourth-order valence-electron chi connectivity index (χ4n) is 2.84. The fraction of sp³-hybridized carbons (Fsp3) is 0.263. The molecule has 1 atom stereocenters. The van der Waals surface area contributed by atoms with Crippen LogP contribution in [0.1, 0.15) is 23.2 Å². The molecule has 1 aliphatic heterocycles. The summed E-state index contributed by atoms with van der Waals surface area (Å²) in [5.41, 5.74) is 5.02. The molecule has 0 unspecified atom stereocenters. The molecule has 1 fully saturated rings. The van der Waals surface area contributed by atoms with Crippen molar-refractivity contribution >= 4 is 21.7 Å². The molecule has 7 nitrogen and oxygen atoms in total. The molecule has 1 aliphatic rings. The Morgan fingerprint density at radius 1 is 0.963 bits per heavy atom. The van der Waals surface area contributed by atoms with Crippen molar-refractivity contribution in [1.82, 2.24) is 10.9 Å². The number of carbonyl (C=O) groups excluding carboxylic acids is 2. The van der Waals surface area contributed by atoms with E-state index in [1.54, 1.807) is 24.3 Å². The van der Waals surface area contributed by atoms with Gasteiger partial charge in [-0.05, 0) is 48.7 Å². The van der Waals surface area contributed by atoms with Crippen molar-refractivity contribution in [2.45, 2.75) is 12.8 Å². The molecular formula is C19H20N2O5S. The van der Waals surface area contributed by atoms with Crippen molar-refractivity contribution in [3.63, 3.8) is 0 Å². The molecule has 0 aromatic heterocycles. The molecule has 0 radical (unpaired) electrons. The normalized spacial score (nSPS) is 17.9. The van der Waals surface area contributed by atoms with Gasteiger partial charge in [-0.3, -0.25) is 20.4 Å². The summed E-state index contributed by atoms with van der Waals surface area (Å²) in [4.78, 5) is 24.0. The molecule has 1 saturated heterocycles. The van der Waals surface area contributed by atoms with Gasteiger partial charge in [0.25, 0.3) is 5.91 Å². The van der Waals surface area contributed by atoms with Crippen molar-refractivity contribution in [1.29, 1.82) is 0 Å². The Labute approximate surface area is 157 Å². The van der Waals surface area contributed by atoms with Gasteiger partial charge in [0.2, 0.25) is 5.91 Å². The second-order valence-electron chi connectivity index (χ2n) is 6.41. The van der Waals surface area contributed by atoms with Crippen LogP contribution in [0.4, 0.5) is 0 Å². The van der Waals surface area contributed by atoms with Crippen LogP contribution in [0.25, 0.3) is 0 Å². The lowest BCUT2D eigenvalue weighted by molar-refractivity contribution is -0.122. The number of benzene rings is 2. The van der Waals surface area contributed by atoms with Gasteiger partial charge >= 0.3 is 0 Å². The zero-order valence-corrected chi connectivity index (χ0v) is 15.4. The number of amides is 2. The van der Waals surface area contributed by atoms with Crippen molar-refractivity contribution < 1.29 is 22.7 Å². The van der Waals surface area contributed by atoms with E-state index in [9.17, 15) is 18.0 Å². The van der Waals surface area contributed by atoms with Crippen LogP contribution in [0.2, 0.25) is 0 Å². The minimum absolute atomic E-state index is 0.0250. The Hall–Kier alpha value is -2.87. The molecule has 27 heavy (non-hydrogen) atoms. The van der Waals surface area contributed by atoms with Crippen LogP contribution >= 0.6 is 0 Å². The topological polar surface area (TPSA) is 102 Å². The van der Waals surface area contributed by atoms with Gasteiger partial charge in [0, 0.05) is 12.0 Å². The van der Waals surface area contributed by atoms with Gasteiger partial charge in [-0.1, -0.05) is 18.2 Å². The lowest BCUT2D eigenvalue weighted by atomic mass is 10.1. The van der Waals surface area contributed by atoms with Crippen LogP contribution in [0, 0.1) is 5.92 Å². The Morgan fingerprint density at radius 3 is 2.26 bits per heavy atom. The standard InChI is InChI=1S/C19H20N2O5S/c22-18(12-14-10-11-27(24,25)13-14)20-21-19(23)15-6-8-17(9-7-15)26-16-4-2-1-3-5-16/h1-9,14H,10-13H2,(H,20,22)(H,21,23)/t14-/m0/s1. The van der Waals surface area contributed by atoms with Crippen molar-refractivity contribution in [3.8, 4) is 11.5 Å². The average Bonchev–Trinajstić information content (AvgIpc) is 2.99. The fourth-order valence-corrected chi connectivity index (χ4v) is 4.71. The number of hydrazine groups is 1. The molecule has 0 bridgehead atoms. The summed E-state index contributed by atoms with van der Waals surface area (Å²) in [7, 11) is -3.02. The van der Waals surface area contributed by atoms with E-state index < -0.39 is 21.7 Å². The van der Waals surface area contributed by atoms with Crippen LogP contribution in [0.3, 0.4) is 0 Å². The zero-order chi connectivity index (χ0) is 19.3. The van der Waals surface area contributed by atoms with Gasteiger partial charge < -0.3 is 4.74 Å². The first kappa shape index (κ1) is 18.9. The highest BCUT2D eigenvalue weighted by molar-refractivity contribution is 7.91. The number of hydrogen-bond donors (Lipinski definition) is 2. The number of nitrogens with one attached hydrogen (secondary N) is 2. The Morgan fingerprint density at radius 2 is 1.63 bits per heavy atom. The van der Waals surface area contributed by atoms with Crippen LogP contribution in [-0.4, -0.2) is 31.7 Å². The van der Waals surface area contributed by atoms with Gasteiger partial charge in [-0.25, -0.2) is 8.42 Å². The Bertz CT molecular complexity index is 911. The van der Waals surface area contributed by atoms with E-state index in [0.717, 1.165) is 0 Å². The Balaban J connectivity index is 1.47. The number of sulfone groups is 1. The van der Waals surface area contributed by atoms with E-state index in [2.05, 4.69) is 10.9 Å². The summed E-state index contributed by atoms with van der Waals surface area (Å²) >= 11 is 0. The highest BCUT2D eigenvalue weighted by Gasteiger charge is 2.29. The largest absolute Gasteiger partial charge is 0.457 e. The summed E-state index contributed by atoms with van der Waals surface area (Å²) in [6, 6.07) is 15.8. The third-order valence-corrected chi connectivity index (χ3v) is 6.05. The lowest BCUT2D eigenvalue weighted by Gasteiger charge is -2.10. The molecule has 2 aromatic rings. The molecule has 2 N–H and O–H groups in total. The molecule has 2 amide bonds. The van der Waals surface area contributed by atoms with E-state index in [4.69, 9.17) is 4.74 Å². The maximum atomic E-state index is 12.1. The molecule has 8 heteroatoms. The van der Waals surface area contributed by atoms with Crippen LogP contribution in [-0.2, 0) is 14.6 Å². The molecule has 0 saturated carbocycles. The Kier molecular flexibility index (Phi) is 5.75. The van der Waals surface area contributed by atoms with Crippen LogP contribution in [0.15, 0.2) is 54.6 Å². The smallest absolute Gasteiger partial charge is 0.269 e. The number of para-hydroxylation sites is 1. The average molecular weight is 388 g/mol. The predicted octanol–water partition coefficient (Wildman–Crippen LogP) is 2.06. The van der Waals surface area contributed by atoms with E-state index in [1.165, 1.54) is 0 Å². The first-order valence-corrected chi connectivity index (χ1v) is 10.4. The number of carbonyl (C=O) groups is 2. The number of ether oxygens (including phenoxy) is 1. The number of hydrogen-bond acceptors (Lipinski definition) is 5. The first-order chi connectivity index (χ1) is 12.9. The maximum Gasteiger partial charge on any atom is 0.269 e.